The first-order chi connectivity index (χ1) is 15.7. The van der Waals surface area contributed by atoms with E-state index < -0.39 is 22.5 Å². The molecule has 2 heterocycles. The summed E-state index contributed by atoms with van der Waals surface area (Å²) in [6.07, 6.45) is 2.97. The van der Waals surface area contributed by atoms with E-state index in [0.717, 1.165) is 18.4 Å². The van der Waals surface area contributed by atoms with Crippen molar-refractivity contribution in [2.24, 2.45) is 5.92 Å². The molecule has 2 aliphatic heterocycles. The standard InChI is InChI=1S/C23H25ClF2N2O4S/c1-15-5-3-11-27(14-15)33(30,31)20-13-17(9-10-18(20)24)22(29)28-12-4-7-16-6-2-8-19(21(16)28)32-23(25)26/h2,6,8-10,13,15,23H,3-5,7,11-12,14H2,1H3. The zero-order chi connectivity index (χ0) is 23.8. The van der Waals surface area contributed by atoms with Crippen molar-refractivity contribution in [3.63, 3.8) is 0 Å². The van der Waals surface area contributed by atoms with Gasteiger partial charge in [0, 0.05) is 25.2 Å². The zero-order valence-electron chi connectivity index (χ0n) is 18.1. The summed E-state index contributed by atoms with van der Waals surface area (Å²) in [6, 6.07) is 8.89. The number of carbonyl (C=O) groups excluding carboxylic acids is 1. The number of nitrogens with zero attached hydrogens (tertiary/aromatic N) is 2. The summed E-state index contributed by atoms with van der Waals surface area (Å²) in [7, 11) is -3.89. The quantitative estimate of drug-likeness (QED) is 0.584. The number of amides is 1. The Balaban J connectivity index is 1.70. The highest BCUT2D eigenvalue weighted by Gasteiger charge is 2.33. The molecule has 6 nitrogen and oxygen atoms in total. The third-order valence-electron chi connectivity index (χ3n) is 6.06. The van der Waals surface area contributed by atoms with Gasteiger partial charge in [0.05, 0.1) is 10.7 Å². The second-order valence-corrected chi connectivity index (χ2v) is 10.8. The lowest BCUT2D eigenvalue weighted by Crippen LogP contribution is -2.39. The van der Waals surface area contributed by atoms with E-state index in [1.54, 1.807) is 12.1 Å². The monoisotopic (exact) mass is 498 g/mol. The van der Waals surface area contributed by atoms with E-state index >= 15 is 0 Å². The molecule has 2 aliphatic rings. The molecule has 0 aromatic heterocycles. The third-order valence-corrected chi connectivity index (χ3v) is 8.40. The Bertz CT molecular complexity index is 1160. The van der Waals surface area contributed by atoms with Gasteiger partial charge in [0.25, 0.3) is 5.91 Å². The molecule has 1 unspecified atom stereocenters. The molecule has 33 heavy (non-hydrogen) atoms. The molecule has 1 atom stereocenters. The maximum atomic E-state index is 13.5. The van der Waals surface area contributed by atoms with E-state index in [-0.39, 0.29) is 27.1 Å². The molecule has 4 rings (SSSR count). The van der Waals surface area contributed by atoms with Crippen molar-refractivity contribution in [1.29, 1.82) is 0 Å². The van der Waals surface area contributed by atoms with Crippen LogP contribution in [0.15, 0.2) is 41.3 Å². The number of hydrogen-bond acceptors (Lipinski definition) is 4. The topological polar surface area (TPSA) is 66.9 Å². The van der Waals surface area contributed by atoms with E-state index in [1.165, 1.54) is 33.5 Å². The highest BCUT2D eigenvalue weighted by atomic mass is 35.5. The molecule has 2 aromatic carbocycles. The predicted octanol–water partition coefficient (Wildman–Crippen LogP) is 4.96. The predicted molar refractivity (Wildman–Crippen MR) is 122 cm³/mol. The number of aryl methyl sites for hydroxylation is 1. The Hall–Kier alpha value is -2.23. The van der Waals surface area contributed by atoms with Crippen LogP contribution in [0.4, 0.5) is 14.5 Å². The number of halogens is 3. The maximum absolute atomic E-state index is 13.5. The lowest BCUT2D eigenvalue weighted by atomic mass is 10.00. The number of piperidine rings is 1. The van der Waals surface area contributed by atoms with Crippen molar-refractivity contribution in [3.05, 3.63) is 52.5 Å². The van der Waals surface area contributed by atoms with Gasteiger partial charge in [0.1, 0.15) is 10.6 Å². The van der Waals surface area contributed by atoms with Crippen LogP contribution in [0.2, 0.25) is 5.02 Å². The molecule has 0 aliphatic carbocycles. The summed E-state index contributed by atoms with van der Waals surface area (Å²) in [4.78, 5) is 14.7. The highest BCUT2D eigenvalue weighted by Crippen LogP contribution is 2.38. The van der Waals surface area contributed by atoms with Crippen LogP contribution in [-0.2, 0) is 16.4 Å². The summed E-state index contributed by atoms with van der Waals surface area (Å²) in [5.74, 6) is -0.351. The average Bonchev–Trinajstić information content (AvgIpc) is 2.78. The molecular formula is C23H25ClF2N2O4S. The van der Waals surface area contributed by atoms with Gasteiger partial charge < -0.3 is 9.64 Å². The van der Waals surface area contributed by atoms with Gasteiger partial charge in [0.2, 0.25) is 10.0 Å². The number of para-hydroxylation sites is 1. The van der Waals surface area contributed by atoms with Crippen LogP contribution < -0.4 is 9.64 Å². The molecule has 1 amide bonds. The Morgan fingerprint density at radius 3 is 2.70 bits per heavy atom. The van der Waals surface area contributed by atoms with Gasteiger partial charge in [-0.25, -0.2) is 8.42 Å². The minimum absolute atomic E-state index is 0.0329. The van der Waals surface area contributed by atoms with E-state index in [9.17, 15) is 22.0 Å². The van der Waals surface area contributed by atoms with Crippen LogP contribution in [0.5, 0.6) is 5.75 Å². The van der Waals surface area contributed by atoms with Crippen LogP contribution in [0.1, 0.15) is 42.1 Å². The zero-order valence-corrected chi connectivity index (χ0v) is 19.7. The van der Waals surface area contributed by atoms with Crippen molar-refractivity contribution in [1.82, 2.24) is 4.31 Å². The maximum Gasteiger partial charge on any atom is 0.387 e. The number of rotatable bonds is 5. The van der Waals surface area contributed by atoms with Crippen LogP contribution in [0.3, 0.4) is 0 Å². The van der Waals surface area contributed by atoms with Crippen molar-refractivity contribution < 1.29 is 26.7 Å². The van der Waals surface area contributed by atoms with E-state index in [4.69, 9.17) is 11.6 Å². The number of anilines is 1. The first kappa shape index (κ1) is 23.9. The van der Waals surface area contributed by atoms with Gasteiger partial charge in [-0.3, -0.25) is 4.79 Å². The van der Waals surface area contributed by atoms with Crippen LogP contribution in [0.25, 0.3) is 0 Å². The van der Waals surface area contributed by atoms with Gasteiger partial charge >= 0.3 is 6.61 Å². The normalized spacial score (nSPS) is 19.4. The SMILES string of the molecule is CC1CCCN(S(=O)(=O)c2cc(C(=O)N3CCCc4cccc(OC(F)F)c43)ccc2Cl)C1. The molecule has 0 bridgehead atoms. The second-order valence-electron chi connectivity index (χ2n) is 8.46. The fraction of sp³-hybridized carbons (Fsp3) is 0.435. The van der Waals surface area contributed by atoms with E-state index in [2.05, 4.69) is 4.74 Å². The first-order valence-electron chi connectivity index (χ1n) is 10.9. The highest BCUT2D eigenvalue weighted by molar-refractivity contribution is 7.89. The number of fused-ring (bicyclic) bond motifs is 1. The fourth-order valence-electron chi connectivity index (χ4n) is 4.50. The average molecular weight is 499 g/mol. The van der Waals surface area contributed by atoms with Crippen molar-refractivity contribution in [2.45, 2.75) is 44.1 Å². The molecule has 0 spiro atoms. The first-order valence-corrected chi connectivity index (χ1v) is 12.7. The molecule has 0 saturated carbocycles. The second kappa shape index (κ2) is 9.56. The molecule has 10 heteroatoms. The molecule has 1 saturated heterocycles. The molecule has 2 aromatic rings. The Morgan fingerprint density at radius 1 is 1.18 bits per heavy atom. The summed E-state index contributed by atoms with van der Waals surface area (Å²) < 4.78 is 58.6. The summed E-state index contributed by atoms with van der Waals surface area (Å²) in [5, 5.41) is 0.0329. The lowest BCUT2D eigenvalue weighted by molar-refractivity contribution is -0.0495. The fourth-order valence-corrected chi connectivity index (χ4v) is 6.60. The number of benzene rings is 2. The third kappa shape index (κ3) is 4.85. The summed E-state index contributed by atoms with van der Waals surface area (Å²) >= 11 is 6.26. The number of alkyl halides is 2. The summed E-state index contributed by atoms with van der Waals surface area (Å²) in [6.45, 7) is 0.0501. The molecular weight excluding hydrogens is 474 g/mol. The molecule has 1 fully saturated rings. The number of ether oxygens (including phenoxy) is 1. The van der Waals surface area contributed by atoms with Crippen molar-refractivity contribution in [3.8, 4) is 5.75 Å². The van der Waals surface area contributed by atoms with E-state index in [0.29, 0.717) is 38.2 Å². The minimum Gasteiger partial charge on any atom is -0.433 e. The van der Waals surface area contributed by atoms with Gasteiger partial charge in [-0.2, -0.15) is 13.1 Å². The number of hydrogen-bond donors (Lipinski definition) is 0. The van der Waals surface area contributed by atoms with Gasteiger partial charge in [-0.05, 0) is 61.4 Å². The summed E-state index contributed by atoms with van der Waals surface area (Å²) in [5.41, 5.74) is 1.12. The Kier molecular flexibility index (Phi) is 6.93. The van der Waals surface area contributed by atoms with Gasteiger partial charge in [-0.15, -0.1) is 0 Å². The number of sulfonamides is 1. The van der Waals surface area contributed by atoms with Gasteiger partial charge in [-0.1, -0.05) is 30.7 Å². The van der Waals surface area contributed by atoms with Gasteiger partial charge in [0.15, 0.2) is 0 Å². The largest absolute Gasteiger partial charge is 0.433 e. The Labute approximate surface area is 197 Å². The van der Waals surface area contributed by atoms with Crippen LogP contribution >= 0.6 is 11.6 Å². The van der Waals surface area contributed by atoms with Crippen LogP contribution in [0, 0.1) is 5.92 Å². The van der Waals surface area contributed by atoms with E-state index in [1.807, 2.05) is 6.92 Å². The van der Waals surface area contributed by atoms with Crippen LogP contribution in [-0.4, -0.2) is 44.9 Å². The minimum atomic E-state index is -3.89. The van der Waals surface area contributed by atoms with Crippen molar-refractivity contribution >= 4 is 33.2 Å². The molecule has 0 N–H and O–H groups in total. The molecule has 178 valence electrons. The lowest BCUT2D eigenvalue weighted by Gasteiger charge is -2.32. The smallest absolute Gasteiger partial charge is 0.387 e. The number of carbonyl (C=O) groups is 1. The van der Waals surface area contributed by atoms with Crippen molar-refractivity contribution in [2.75, 3.05) is 24.5 Å². The molecule has 0 radical (unpaired) electrons. The Morgan fingerprint density at radius 2 is 1.97 bits per heavy atom.